The predicted molar refractivity (Wildman–Crippen MR) is 115 cm³/mol. The monoisotopic (exact) mass is 444 g/mol. The number of nitrogens with one attached hydrogen (secondary N) is 1. The van der Waals surface area contributed by atoms with Gasteiger partial charge in [-0.1, -0.05) is 5.57 Å². The Balaban J connectivity index is 1.43. The van der Waals surface area contributed by atoms with Gasteiger partial charge in [0.15, 0.2) is 10.1 Å². The highest BCUT2D eigenvalue weighted by molar-refractivity contribution is 7.15. The van der Waals surface area contributed by atoms with E-state index in [2.05, 4.69) is 20.2 Å². The summed E-state index contributed by atoms with van der Waals surface area (Å²) in [6, 6.07) is 3.08. The van der Waals surface area contributed by atoms with Crippen molar-refractivity contribution in [3.05, 3.63) is 62.6 Å². The summed E-state index contributed by atoms with van der Waals surface area (Å²) in [5, 5.41) is 5.78. The van der Waals surface area contributed by atoms with E-state index in [1.54, 1.807) is 11.3 Å². The molecule has 154 valence electrons. The van der Waals surface area contributed by atoms with Crippen molar-refractivity contribution in [1.29, 1.82) is 0 Å². The standard InChI is InChI=1S/C21H18F2N4OS2/c22-13-4-5-16(15(23)10-13)25-19(28)20-26-17-3-1-2-12-6-8-27(21-24-7-9-29-21)11-14(12)18(17)30-20/h4-5,7,9-10H,1-3,6,8,11H2,(H,25,28). The normalized spacial score (nSPS) is 16.1. The van der Waals surface area contributed by atoms with E-state index in [-0.39, 0.29) is 5.69 Å². The minimum atomic E-state index is -0.808. The summed E-state index contributed by atoms with van der Waals surface area (Å²) in [4.78, 5) is 25.0. The summed E-state index contributed by atoms with van der Waals surface area (Å²) in [5.41, 5.74) is 3.55. The summed E-state index contributed by atoms with van der Waals surface area (Å²) < 4.78 is 27.0. The number of anilines is 2. The fourth-order valence-electron chi connectivity index (χ4n) is 3.94. The highest BCUT2D eigenvalue weighted by atomic mass is 32.1. The van der Waals surface area contributed by atoms with Gasteiger partial charge in [0.2, 0.25) is 0 Å². The van der Waals surface area contributed by atoms with Gasteiger partial charge in [-0.2, -0.15) is 0 Å². The quantitative estimate of drug-likeness (QED) is 0.608. The molecule has 2 aliphatic rings. The molecule has 1 N–H and O–H groups in total. The number of halogens is 2. The molecule has 1 aliphatic heterocycles. The number of carbonyl (C=O) groups excluding carboxylic acids is 1. The second-order valence-corrected chi connectivity index (χ2v) is 9.17. The zero-order valence-electron chi connectivity index (χ0n) is 16.0. The van der Waals surface area contributed by atoms with E-state index >= 15 is 0 Å². The van der Waals surface area contributed by atoms with Crippen LogP contribution in [0.3, 0.4) is 0 Å². The summed E-state index contributed by atoms with van der Waals surface area (Å²) in [7, 11) is 0. The van der Waals surface area contributed by atoms with Crippen LogP contribution >= 0.6 is 22.7 Å². The summed E-state index contributed by atoms with van der Waals surface area (Å²) >= 11 is 2.97. The number of amides is 1. The van der Waals surface area contributed by atoms with E-state index in [0.29, 0.717) is 5.01 Å². The molecule has 2 aromatic heterocycles. The fourth-order valence-corrected chi connectivity index (χ4v) is 5.70. The molecule has 0 radical (unpaired) electrons. The number of carbonyl (C=O) groups is 1. The molecule has 5 nitrogen and oxygen atoms in total. The number of fused-ring (bicyclic) bond motifs is 2. The van der Waals surface area contributed by atoms with Crippen LogP contribution in [0.5, 0.6) is 0 Å². The number of nitrogens with zero attached hydrogens (tertiary/aromatic N) is 3. The zero-order chi connectivity index (χ0) is 20.7. The number of benzene rings is 1. The Hall–Kier alpha value is -2.65. The van der Waals surface area contributed by atoms with Gasteiger partial charge in [-0.3, -0.25) is 4.79 Å². The van der Waals surface area contributed by atoms with Crippen LogP contribution in [0.1, 0.15) is 39.6 Å². The third kappa shape index (κ3) is 3.63. The molecule has 1 aromatic carbocycles. The molecule has 1 aliphatic carbocycles. The third-order valence-electron chi connectivity index (χ3n) is 5.39. The number of hydrogen-bond acceptors (Lipinski definition) is 6. The minimum absolute atomic E-state index is 0.0562. The fraction of sp³-hybridized carbons (Fsp3) is 0.286. The highest BCUT2D eigenvalue weighted by Crippen LogP contribution is 2.39. The van der Waals surface area contributed by atoms with Gasteiger partial charge in [0.05, 0.1) is 16.3 Å². The van der Waals surface area contributed by atoms with Crippen LogP contribution in [0.15, 0.2) is 35.3 Å². The van der Waals surface area contributed by atoms with Gasteiger partial charge in [0.1, 0.15) is 11.6 Å². The van der Waals surface area contributed by atoms with Gasteiger partial charge in [-0.15, -0.1) is 22.7 Å². The van der Waals surface area contributed by atoms with Gasteiger partial charge >= 0.3 is 0 Å². The molecule has 3 aromatic rings. The van der Waals surface area contributed by atoms with E-state index < -0.39 is 17.5 Å². The van der Waals surface area contributed by atoms with Crippen LogP contribution in [0, 0.1) is 11.6 Å². The van der Waals surface area contributed by atoms with Crippen molar-refractivity contribution in [2.24, 2.45) is 0 Å². The molecule has 0 saturated carbocycles. The lowest BCUT2D eigenvalue weighted by atomic mass is 9.97. The second kappa shape index (κ2) is 7.88. The Kier molecular flexibility index (Phi) is 5.08. The van der Waals surface area contributed by atoms with Crippen LogP contribution in [-0.2, 0) is 6.42 Å². The van der Waals surface area contributed by atoms with Crippen molar-refractivity contribution in [3.63, 3.8) is 0 Å². The average molecular weight is 445 g/mol. The number of aryl methyl sites for hydroxylation is 1. The van der Waals surface area contributed by atoms with Gasteiger partial charge in [-0.25, -0.2) is 18.7 Å². The maximum atomic E-state index is 13.9. The largest absolute Gasteiger partial charge is 0.343 e. The number of rotatable bonds is 3. The lowest BCUT2D eigenvalue weighted by molar-refractivity contribution is 0.102. The molecule has 1 amide bonds. The first-order valence-corrected chi connectivity index (χ1v) is 11.4. The number of hydrogen-bond donors (Lipinski definition) is 1. The topological polar surface area (TPSA) is 58.1 Å². The van der Waals surface area contributed by atoms with E-state index in [4.69, 9.17) is 0 Å². The van der Waals surface area contributed by atoms with Crippen LogP contribution in [-0.4, -0.2) is 29.0 Å². The molecule has 0 fully saturated rings. The molecule has 0 bridgehead atoms. The lowest BCUT2D eigenvalue weighted by Gasteiger charge is -2.30. The molecule has 0 saturated heterocycles. The van der Waals surface area contributed by atoms with Crippen LogP contribution in [0.25, 0.3) is 5.57 Å². The SMILES string of the molecule is O=C(Nc1ccc(F)cc1F)c1nc2c(s1)C1=C(CCC2)CCN(c2nccs2)C1. The molecule has 3 heterocycles. The van der Waals surface area contributed by atoms with Crippen molar-refractivity contribution in [2.75, 3.05) is 23.3 Å². The van der Waals surface area contributed by atoms with Gasteiger partial charge in [-0.05, 0) is 43.4 Å². The Labute approximate surface area is 180 Å². The first-order chi connectivity index (χ1) is 14.6. The van der Waals surface area contributed by atoms with Crippen molar-refractivity contribution in [2.45, 2.75) is 25.7 Å². The second-order valence-electron chi connectivity index (χ2n) is 7.30. The lowest BCUT2D eigenvalue weighted by Crippen LogP contribution is -2.30. The molecule has 9 heteroatoms. The van der Waals surface area contributed by atoms with Crippen molar-refractivity contribution in [3.8, 4) is 0 Å². The third-order valence-corrected chi connectivity index (χ3v) is 7.37. The Morgan fingerprint density at radius 2 is 2.10 bits per heavy atom. The van der Waals surface area contributed by atoms with Crippen LogP contribution < -0.4 is 10.2 Å². The summed E-state index contributed by atoms with van der Waals surface area (Å²) in [6.45, 7) is 1.70. The number of aromatic nitrogens is 2. The van der Waals surface area contributed by atoms with Crippen molar-refractivity contribution >= 4 is 45.0 Å². The molecule has 30 heavy (non-hydrogen) atoms. The van der Waals surface area contributed by atoms with Crippen molar-refractivity contribution < 1.29 is 13.6 Å². The van der Waals surface area contributed by atoms with E-state index in [1.807, 2.05) is 11.6 Å². The minimum Gasteiger partial charge on any atom is -0.343 e. The first-order valence-electron chi connectivity index (χ1n) is 9.70. The Morgan fingerprint density at radius 3 is 2.90 bits per heavy atom. The van der Waals surface area contributed by atoms with Crippen molar-refractivity contribution in [1.82, 2.24) is 9.97 Å². The predicted octanol–water partition coefficient (Wildman–Crippen LogP) is 5.13. The smallest absolute Gasteiger partial charge is 0.284 e. The van der Waals surface area contributed by atoms with Gasteiger partial charge in [0, 0.05) is 30.7 Å². The average Bonchev–Trinajstić information content (AvgIpc) is 3.38. The Morgan fingerprint density at radius 1 is 1.20 bits per heavy atom. The Bertz CT molecular complexity index is 1140. The van der Waals surface area contributed by atoms with E-state index in [1.165, 1.54) is 28.5 Å². The molecule has 5 rings (SSSR count). The first kappa shape index (κ1) is 19.3. The maximum absolute atomic E-state index is 13.9. The summed E-state index contributed by atoms with van der Waals surface area (Å²) in [6.07, 6.45) is 5.65. The molecular formula is C21H18F2N4OS2. The van der Waals surface area contributed by atoms with Gasteiger partial charge < -0.3 is 10.2 Å². The molecule has 0 atom stereocenters. The van der Waals surface area contributed by atoms with Crippen LogP contribution in [0.4, 0.5) is 19.6 Å². The number of thiazole rings is 2. The maximum Gasteiger partial charge on any atom is 0.284 e. The van der Waals surface area contributed by atoms with E-state index in [0.717, 1.165) is 66.6 Å². The summed E-state index contributed by atoms with van der Waals surface area (Å²) in [5.74, 6) is -1.97. The highest BCUT2D eigenvalue weighted by Gasteiger charge is 2.28. The van der Waals surface area contributed by atoms with Gasteiger partial charge in [0.25, 0.3) is 5.91 Å². The molecular weight excluding hydrogens is 426 g/mol. The molecule has 0 unspecified atom stereocenters. The van der Waals surface area contributed by atoms with E-state index in [9.17, 15) is 13.6 Å². The zero-order valence-corrected chi connectivity index (χ0v) is 17.6. The molecule has 0 spiro atoms. The van der Waals surface area contributed by atoms with Crippen LogP contribution in [0.2, 0.25) is 0 Å².